The van der Waals surface area contributed by atoms with Crippen molar-refractivity contribution < 1.29 is 54.0 Å². The quantitative estimate of drug-likeness (QED) is 0.0587. The molecule has 0 aromatic rings. The van der Waals surface area contributed by atoms with Gasteiger partial charge in [-0.25, -0.2) is 0 Å². The third-order valence-corrected chi connectivity index (χ3v) is 7.35. The summed E-state index contributed by atoms with van der Waals surface area (Å²) in [5.41, 5.74) is 0. The van der Waals surface area contributed by atoms with E-state index in [2.05, 4.69) is 13.8 Å². The van der Waals surface area contributed by atoms with E-state index in [4.69, 9.17) is 38.6 Å². The van der Waals surface area contributed by atoms with Crippen LogP contribution in [0.3, 0.4) is 0 Å². The summed E-state index contributed by atoms with van der Waals surface area (Å²) in [7, 11) is 0. The molecule has 0 bridgehead atoms. The number of ether oxygens (including phenoxy) is 6. The lowest BCUT2D eigenvalue weighted by Gasteiger charge is -2.10. The Balaban J connectivity index is -0.000000633. The third-order valence-electron chi connectivity index (χ3n) is 7.35. The SMILES string of the molecule is CC(CO)COCCCCOCC(C)CO.CCC(C)COCCCCOCC(O)CC.CCC(O)COCCCCOCC(O)CC. The maximum Gasteiger partial charge on any atom is 0.0771 e. The Morgan fingerprint density at radius 2 is 0.583 bits per heavy atom. The van der Waals surface area contributed by atoms with Gasteiger partial charge in [0.25, 0.3) is 0 Å². The zero-order valence-electron chi connectivity index (χ0n) is 32.1. The molecule has 11 nitrogen and oxygen atoms in total. The first kappa shape index (κ1) is 51.9. The summed E-state index contributed by atoms with van der Waals surface area (Å²) in [6.07, 6.45) is 8.30. The van der Waals surface area contributed by atoms with Crippen LogP contribution in [0.2, 0.25) is 0 Å². The van der Waals surface area contributed by atoms with Crippen LogP contribution in [0.5, 0.6) is 0 Å². The van der Waals surface area contributed by atoms with Gasteiger partial charge in [0.1, 0.15) is 0 Å². The number of hydrogen-bond donors (Lipinski definition) is 5. The number of aliphatic hydroxyl groups is 5. The maximum absolute atomic E-state index is 9.24. The zero-order valence-corrected chi connectivity index (χ0v) is 32.1. The Hall–Kier alpha value is -0.440. The summed E-state index contributed by atoms with van der Waals surface area (Å²) in [5.74, 6) is 1.11. The van der Waals surface area contributed by atoms with E-state index in [9.17, 15) is 15.3 Å². The first-order chi connectivity index (χ1) is 23.1. The van der Waals surface area contributed by atoms with Gasteiger partial charge < -0.3 is 54.0 Å². The summed E-state index contributed by atoms with van der Waals surface area (Å²) in [4.78, 5) is 0. The highest BCUT2D eigenvalue weighted by molar-refractivity contribution is 4.52. The molecule has 11 heteroatoms. The van der Waals surface area contributed by atoms with Gasteiger partial charge in [0, 0.05) is 71.3 Å². The molecule has 5 N–H and O–H groups in total. The molecule has 294 valence electrons. The standard InChI is InChI=1S/C13H28O3.2C12H26O4/c1-4-12(3)10-15-8-6-7-9-16-11-13(14)5-2;1-11(7-13)9-15-5-3-4-6-16-10-12(2)8-14;1-3-11(13)9-15-7-5-6-8-16-10-12(14)4-2/h12-14H,4-11H2,1-3H3;2*11-14H,3-10H2,1-2H3. The minimum atomic E-state index is -0.337. The lowest BCUT2D eigenvalue weighted by atomic mass is 10.1. The van der Waals surface area contributed by atoms with Crippen LogP contribution in [0.25, 0.3) is 0 Å². The van der Waals surface area contributed by atoms with Crippen LogP contribution in [0.15, 0.2) is 0 Å². The largest absolute Gasteiger partial charge is 0.396 e. The summed E-state index contributed by atoms with van der Waals surface area (Å²) in [5, 5.41) is 45.2. The van der Waals surface area contributed by atoms with Crippen LogP contribution in [-0.4, -0.2) is 136 Å². The average Bonchev–Trinajstić information content (AvgIpc) is 3.11. The van der Waals surface area contributed by atoms with Crippen molar-refractivity contribution in [3.8, 4) is 0 Å². The highest BCUT2D eigenvalue weighted by atomic mass is 16.5. The Bertz CT molecular complexity index is 449. The van der Waals surface area contributed by atoms with Crippen molar-refractivity contribution in [3.05, 3.63) is 0 Å². The van der Waals surface area contributed by atoms with E-state index in [1.54, 1.807) is 0 Å². The van der Waals surface area contributed by atoms with Gasteiger partial charge in [-0.1, -0.05) is 54.9 Å². The monoisotopic (exact) mass is 701 g/mol. The van der Waals surface area contributed by atoms with Gasteiger partial charge in [0.05, 0.1) is 51.3 Å². The van der Waals surface area contributed by atoms with Crippen LogP contribution in [0.1, 0.15) is 113 Å². The molecule has 0 radical (unpaired) electrons. The summed E-state index contributed by atoms with van der Waals surface area (Å²) in [6, 6.07) is 0. The molecule has 0 spiro atoms. The number of unbranched alkanes of at least 4 members (excludes halogenated alkanes) is 3. The zero-order chi connectivity index (χ0) is 36.7. The first-order valence-electron chi connectivity index (χ1n) is 18.8. The predicted molar refractivity (Wildman–Crippen MR) is 193 cm³/mol. The van der Waals surface area contributed by atoms with Gasteiger partial charge in [-0.05, 0) is 63.7 Å². The Morgan fingerprint density at radius 1 is 0.354 bits per heavy atom. The molecule has 0 aliphatic rings. The number of hydrogen-bond acceptors (Lipinski definition) is 11. The molecule has 0 saturated carbocycles. The van der Waals surface area contributed by atoms with E-state index in [1.807, 2.05) is 34.6 Å². The van der Waals surface area contributed by atoms with Gasteiger partial charge in [0.15, 0.2) is 0 Å². The second kappa shape index (κ2) is 42.7. The number of rotatable bonds is 33. The fraction of sp³-hybridized carbons (Fsp3) is 1.00. The highest BCUT2D eigenvalue weighted by Gasteiger charge is 2.03. The summed E-state index contributed by atoms with van der Waals surface area (Å²) < 4.78 is 32.2. The van der Waals surface area contributed by atoms with Gasteiger partial charge in [-0.15, -0.1) is 0 Å². The molecule has 0 aliphatic carbocycles. The maximum atomic E-state index is 9.24. The topological polar surface area (TPSA) is 157 Å². The van der Waals surface area contributed by atoms with Gasteiger partial charge in [-0.3, -0.25) is 0 Å². The molecule has 48 heavy (non-hydrogen) atoms. The van der Waals surface area contributed by atoms with Crippen molar-refractivity contribution >= 4 is 0 Å². The lowest BCUT2D eigenvalue weighted by Crippen LogP contribution is -2.15. The van der Waals surface area contributed by atoms with Crippen molar-refractivity contribution in [1.82, 2.24) is 0 Å². The van der Waals surface area contributed by atoms with E-state index in [1.165, 1.54) is 6.42 Å². The third kappa shape index (κ3) is 45.6. The summed E-state index contributed by atoms with van der Waals surface area (Å²) >= 11 is 0. The molecule has 0 heterocycles. The molecule has 6 unspecified atom stereocenters. The van der Waals surface area contributed by atoms with Gasteiger partial charge >= 0.3 is 0 Å². The van der Waals surface area contributed by atoms with E-state index in [0.29, 0.717) is 52.2 Å². The second-order valence-corrected chi connectivity index (χ2v) is 12.8. The minimum Gasteiger partial charge on any atom is -0.396 e. The van der Waals surface area contributed by atoms with Crippen LogP contribution in [0, 0.1) is 17.8 Å². The summed E-state index contributed by atoms with van der Waals surface area (Å²) in [6.45, 7) is 22.2. The predicted octanol–water partition coefficient (Wildman–Crippen LogP) is 5.02. The molecule has 0 aromatic carbocycles. The fourth-order valence-electron chi connectivity index (χ4n) is 3.31. The molecule has 0 amide bonds. The molecule has 0 rings (SSSR count). The second-order valence-electron chi connectivity index (χ2n) is 12.8. The Morgan fingerprint density at radius 3 is 0.792 bits per heavy atom. The molecule has 0 aliphatic heterocycles. The smallest absolute Gasteiger partial charge is 0.0771 e. The molecule has 0 aromatic heterocycles. The van der Waals surface area contributed by atoms with E-state index >= 15 is 0 Å². The molecule has 6 atom stereocenters. The van der Waals surface area contributed by atoms with Gasteiger partial charge in [-0.2, -0.15) is 0 Å². The number of aliphatic hydroxyl groups excluding tert-OH is 5. The van der Waals surface area contributed by atoms with E-state index in [-0.39, 0.29) is 43.4 Å². The average molecular weight is 701 g/mol. The minimum absolute atomic E-state index is 0.183. The molecular weight excluding hydrogens is 620 g/mol. The van der Waals surface area contributed by atoms with E-state index < -0.39 is 0 Å². The highest BCUT2D eigenvalue weighted by Crippen LogP contribution is 2.02. The molecule has 0 saturated heterocycles. The fourth-order valence-corrected chi connectivity index (χ4v) is 3.31. The molecule has 0 fully saturated rings. The van der Waals surface area contributed by atoms with Crippen LogP contribution in [0.4, 0.5) is 0 Å². The first-order valence-corrected chi connectivity index (χ1v) is 18.8. The van der Waals surface area contributed by atoms with Crippen molar-refractivity contribution in [3.63, 3.8) is 0 Å². The normalized spacial score (nSPS) is 15.0. The van der Waals surface area contributed by atoms with Crippen LogP contribution in [-0.2, 0) is 28.4 Å². The van der Waals surface area contributed by atoms with E-state index in [0.717, 1.165) is 90.8 Å². The van der Waals surface area contributed by atoms with Crippen molar-refractivity contribution in [2.75, 3.05) is 92.5 Å². The van der Waals surface area contributed by atoms with Gasteiger partial charge in [0.2, 0.25) is 0 Å². The van der Waals surface area contributed by atoms with Crippen molar-refractivity contribution in [1.29, 1.82) is 0 Å². The molecular formula is C37H80O11. The van der Waals surface area contributed by atoms with Crippen molar-refractivity contribution in [2.24, 2.45) is 17.8 Å². The Kier molecular flexibility index (Phi) is 46.2. The Labute approximate surface area is 295 Å². The van der Waals surface area contributed by atoms with Crippen LogP contribution < -0.4 is 0 Å². The lowest BCUT2D eigenvalue weighted by molar-refractivity contribution is 0.0198. The van der Waals surface area contributed by atoms with Crippen molar-refractivity contribution in [2.45, 2.75) is 131 Å². The van der Waals surface area contributed by atoms with Crippen LogP contribution >= 0.6 is 0 Å².